The van der Waals surface area contributed by atoms with Crippen molar-refractivity contribution in [1.29, 1.82) is 0 Å². The van der Waals surface area contributed by atoms with Crippen LogP contribution in [0.15, 0.2) is 24.3 Å². The van der Waals surface area contributed by atoms with Crippen molar-refractivity contribution in [3.8, 4) is 11.1 Å². The van der Waals surface area contributed by atoms with Gasteiger partial charge in [-0.1, -0.05) is 12.1 Å². The molecule has 2 rings (SSSR count). The fraction of sp³-hybridized carbons (Fsp3) is 0.188. The summed E-state index contributed by atoms with van der Waals surface area (Å²) in [7, 11) is 0. The van der Waals surface area contributed by atoms with Gasteiger partial charge in [0.2, 0.25) is 0 Å². The molecule has 1 aromatic carbocycles. The van der Waals surface area contributed by atoms with Crippen LogP contribution in [-0.2, 0) is 0 Å². The average Bonchev–Trinajstić information content (AvgIpc) is 2.45. The molecule has 7 heteroatoms. The third-order valence-corrected chi connectivity index (χ3v) is 3.50. The van der Waals surface area contributed by atoms with Crippen molar-refractivity contribution in [2.45, 2.75) is 20.8 Å². The minimum absolute atomic E-state index is 0.0438. The van der Waals surface area contributed by atoms with Crippen LogP contribution in [0.5, 0.6) is 0 Å². The van der Waals surface area contributed by atoms with Crippen LogP contribution < -0.4 is 0 Å². The quantitative estimate of drug-likeness (QED) is 0.527. The van der Waals surface area contributed by atoms with E-state index in [1.807, 2.05) is 0 Å². The van der Waals surface area contributed by atoms with Gasteiger partial charge in [-0.15, -0.1) is 0 Å². The van der Waals surface area contributed by atoms with Gasteiger partial charge in [0.05, 0.1) is 21.7 Å². The number of aryl methyl sites for hydroxylation is 2. The molecule has 0 fully saturated rings. The standard InChI is InChI=1S/C16H14N2O5/c1-8-13(10(3)19)15(14(16(20)21)9(2)17-8)11-6-4-5-7-12(11)18(22)23/h4-7H,1-3H3,(H,20,21). The molecule has 118 valence electrons. The van der Waals surface area contributed by atoms with Crippen LogP contribution >= 0.6 is 0 Å². The van der Waals surface area contributed by atoms with Gasteiger partial charge in [0.1, 0.15) is 0 Å². The number of Topliss-reactive ketones (excluding diaryl/α,β-unsaturated/α-hetero) is 1. The van der Waals surface area contributed by atoms with Crippen LogP contribution in [0.4, 0.5) is 5.69 Å². The molecule has 0 atom stereocenters. The second-order valence-electron chi connectivity index (χ2n) is 5.04. The Balaban J connectivity index is 3.04. The maximum absolute atomic E-state index is 12.0. The molecule has 1 aromatic heterocycles. The predicted octanol–water partition coefficient (Wildman–Crippen LogP) is 3.17. The summed E-state index contributed by atoms with van der Waals surface area (Å²) in [6, 6.07) is 5.75. The molecule has 0 radical (unpaired) electrons. The largest absolute Gasteiger partial charge is 0.478 e. The summed E-state index contributed by atoms with van der Waals surface area (Å²) >= 11 is 0. The molecule has 0 bridgehead atoms. The van der Waals surface area contributed by atoms with Crippen molar-refractivity contribution in [1.82, 2.24) is 4.98 Å². The van der Waals surface area contributed by atoms with Gasteiger partial charge >= 0.3 is 5.97 Å². The number of carboxylic acid groups (broad SMARTS) is 1. The van der Waals surface area contributed by atoms with Crippen molar-refractivity contribution in [2.24, 2.45) is 0 Å². The van der Waals surface area contributed by atoms with Gasteiger partial charge < -0.3 is 5.11 Å². The summed E-state index contributed by atoms with van der Waals surface area (Å²) in [6.07, 6.45) is 0. The first-order valence-electron chi connectivity index (χ1n) is 6.75. The zero-order chi connectivity index (χ0) is 17.3. The third kappa shape index (κ3) is 2.80. The Morgan fingerprint density at radius 2 is 1.70 bits per heavy atom. The Hall–Kier alpha value is -3.09. The van der Waals surface area contributed by atoms with Crippen LogP contribution in [0.1, 0.15) is 39.0 Å². The summed E-state index contributed by atoms with van der Waals surface area (Å²) in [5.74, 6) is -1.68. The van der Waals surface area contributed by atoms with E-state index in [0.29, 0.717) is 5.69 Å². The van der Waals surface area contributed by atoms with Gasteiger partial charge in [-0.05, 0) is 26.8 Å². The summed E-state index contributed by atoms with van der Waals surface area (Å²) in [5.41, 5.74) is 0.303. The molecule has 0 aliphatic heterocycles. The Morgan fingerprint density at radius 3 is 2.22 bits per heavy atom. The number of para-hydroxylation sites is 1. The minimum atomic E-state index is -1.29. The molecular weight excluding hydrogens is 300 g/mol. The van der Waals surface area contributed by atoms with E-state index in [0.717, 1.165) is 0 Å². The molecule has 0 aliphatic rings. The first-order chi connectivity index (χ1) is 10.8. The van der Waals surface area contributed by atoms with Crippen LogP contribution in [0.25, 0.3) is 11.1 Å². The molecule has 23 heavy (non-hydrogen) atoms. The fourth-order valence-corrected chi connectivity index (χ4v) is 2.66. The van der Waals surface area contributed by atoms with E-state index >= 15 is 0 Å². The molecule has 0 spiro atoms. The van der Waals surface area contributed by atoms with Gasteiger partial charge in [-0.3, -0.25) is 19.9 Å². The summed E-state index contributed by atoms with van der Waals surface area (Å²) in [4.78, 5) is 38.5. The van der Waals surface area contributed by atoms with Crippen molar-refractivity contribution < 1.29 is 19.6 Å². The number of carboxylic acids is 1. The highest BCUT2D eigenvalue weighted by atomic mass is 16.6. The average molecular weight is 314 g/mol. The number of nitro groups is 1. The Kier molecular flexibility index (Phi) is 4.22. The van der Waals surface area contributed by atoms with E-state index in [2.05, 4.69) is 4.98 Å². The number of rotatable bonds is 4. The number of nitro benzene ring substituents is 1. The second-order valence-corrected chi connectivity index (χ2v) is 5.04. The predicted molar refractivity (Wildman–Crippen MR) is 82.8 cm³/mol. The lowest BCUT2D eigenvalue weighted by molar-refractivity contribution is -0.384. The Morgan fingerprint density at radius 1 is 1.13 bits per heavy atom. The van der Waals surface area contributed by atoms with Crippen LogP contribution in [-0.4, -0.2) is 26.8 Å². The number of hydrogen-bond donors (Lipinski definition) is 1. The van der Waals surface area contributed by atoms with E-state index < -0.39 is 16.7 Å². The maximum Gasteiger partial charge on any atom is 0.338 e. The molecule has 1 N–H and O–H groups in total. The smallest absolute Gasteiger partial charge is 0.338 e. The molecule has 0 saturated carbocycles. The first kappa shape index (κ1) is 16.3. The fourth-order valence-electron chi connectivity index (χ4n) is 2.66. The molecule has 1 heterocycles. The lowest BCUT2D eigenvalue weighted by Crippen LogP contribution is -2.13. The SMILES string of the molecule is CC(=O)c1c(C)nc(C)c(C(=O)O)c1-c1ccccc1[N+](=O)[O-]. The van der Waals surface area contributed by atoms with E-state index in [9.17, 15) is 24.8 Å². The number of carbonyl (C=O) groups is 2. The molecule has 0 amide bonds. The lowest BCUT2D eigenvalue weighted by Gasteiger charge is -2.15. The zero-order valence-electron chi connectivity index (χ0n) is 12.8. The first-order valence-corrected chi connectivity index (χ1v) is 6.75. The number of benzene rings is 1. The lowest BCUT2D eigenvalue weighted by atomic mass is 9.90. The number of aromatic nitrogens is 1. The Labute approximate surface area is 131 Å². The van der Waals surface area contributed by atoms with Gasteiger partial charge in [-0.2, -0.15) is 0 Å². The van der Waals surface area contributed by atoms with Gasteiger partial charge in [0.25, 0.3) is 5.69 Å². The van der Waals surface area contributed by atoms with E-state index in [4.69, 9.17) is 0 Å². The number of carbonyl (C=O) groups excluding carboxylic acids is 1. The monoisotopic (exact) mass is 314 g/mol. The summed E-state index contributed by atoms with van der Waals surface area (Å²) in [6.45, 7) is 4.36. The van der Waals surface area contributed by atoms with Gasteiger partial charge in [-0.25, -0.2) is 4.79 Å². The molecule has 0 saturated heterocycles. The van der Waals surface area contributed by atoms with E-state index in [1.54, 1.807) is 13.0 Å². The van der Waals surface area contributed by atoms with E-state index in [1.165, 1.54) is 32.0 Å². The van der Waals surface area contributed by atoms with Crippen LogP contribution in [0.2, 0.25) is 0 Å². The Bertz CT molecular complexity index is 804. The minimum Gasteiger partial charge on any atom is -0.478 e. The summed E-state index contributed by atoms with van der Waals surface area (Å²) < 4.78 is 0. The molecule has 2 aromatic rings. The van der Waals surface area contributed by atoms with Crippen molar-refractivity contribution >= 4 is 17.4 Å². The zero-order valence-corrected chi connectivity index (χ0v) is 12.8. The number of nitrogens with zero attached hydrogens (tertiary/aromatic N) is 2. The second kappa shape index (κ2) is 5.96. The van der Waals surface area contributed by atoms with Crippen molar-refractivity contribution in [3.05, 3.63) is 56.9 Å². The maximum atomic E-state index is 12.0. The van der Waals surface area contributed by atoms with E-state index in [-0.39, 0.29) is 33.6 Å². The van der Waals surface area contributed by atoms with Crippen LogP contribution in [0, 0.1) is 24.0 Å². The third-order valence-electron chi connectivity index (χ3n) is 3.50. The number of pyridine rings is 1. The molecule has 7 nitrogen and oxygen atoms in total. The highest BCUT2D eigenvalue weighted by Crippen LogP contribution is 2.37. The number of ketones is 1. The molecular formula is C16H14N2O5. The normalized spacial score (nSPS) is 10.4. The van der Waals surface area contributed by atoms with Gasteiger partial charge in [0, 0.05) is 22.9 Å². The number of aromatic carboxylic acids is 1. The van der Waals surface area contributed by atoms with Gasteiger partial charge in [0.15, 0.2) is 5.78 Å². The highest BCUT2D eigenvalue weighted by molar-refractivity contribution is 6.09. The molecule has 0 aliphatic carbocycles. The van der Waals surface area contributed by atoms with Crippen molar-refractivity contribution in [3.63, 3.8) is 0 Å². The molecule has 0 unspecified atom stereocenters. The van der Waals surface area contributed by atoms with Crippen LogP contribution in [0.3, 0.4) is 0 Å². The van der Waals surface area contributed by atoms with Crippen molar-refractivity contribution in [2.75, 3.05) is 0 Å². The topological polar surface area (TPSA) is 110 Å². The highest BCUT2D eigenvalue weighted by Gasteiger charge is 2.28. The summed E-state index contributed by atoms with van der Waals surface area (Å²) in [5, 5.41) is 20.8. The number of hydrogen-bond acceptors (Lipinski definition) is 5.